The Labute approximate surface area is 145 Å². The third-order valence-corrected chi connectivity index (χ3v) is 4.50. The molecule has 1 aliphatic rings. The number of hydrogen-bond donors (Lipinski definition) is 0. The van der Waals surface area contributed by atoms with Crippen LogP contribution in [0.15, 0.2) is 43.0 Å². The number of carbonyl (C=O) groups is 1. The average molecular weight is 337 g/mol. The first-order chi connectivity index (χ1) is 12.2. The van der Waals surface area contributed by atoms with Crippen molar-refractivity contribution in [3.05, 3.63) is 54.1 Å². The van der Waals surface area contributed by atoms with Crippen LogP contribution in [0.1, 0.15) is 34.8 Å². The smallest absolute Gasteiger partial charge is 0.254 e. The van der Waals surface area contributed by atoms with Crippen molar-refractivity contribution in [1.29, 1.82) is 0 Å². The molecule has 0 bridgehead atoms. The zero-order valence-corrected chi connectivity index (χ0v) is 14.0. The van der Waals surface area contributed by atoms with Crippen molar-refractivity contribution in [2.75, 3.05) is 13.1 Å². The minimum atomic E-state index is 0.0310. The van der Waals surface area contributed by atoms with Crippen LogP contribution in [0.2, 0.25) is 0 Å². The summed E-state index contributed by atoms with van der Waals surface area (Å²) in [5.41, 5.74) is 2.55. The molecule has 1 amide bonds. The zero-order valence-electron chi connectivity index (χ0n) is 14.0. The summed E-state index contributed by atoms with van der Waals surface area (Å²) in [5, 5.41) is 15.6. The van der Waals surface area contributed by atoms with Gasteiger partial charge in [-0.15, -0.1) is 5.10 Å². The fourth-order valence-corrected chi connectivity index (χ4v) is 3.23. The maximum Gasteiger partial charge on any atom is 0.254 e. The van der Waals surface area contributed by atoms with Crippen LogP contribution in [0, 0.1) is 6.92 Å². The summed E-state index contributed by atoms with van der Waals surface area (Å²) in [7, 11) is 0. The second-order valence-electron chi connectivity index (χ2n) is 6.35. The first-order valence-corrected chi connectivity index (χ1v) is 8.34. The summed E-state index contributed by atoms with van der Waals surface area (Å²) in [6.07, 6.45) is 7.42. The van der Waals surface area contributed by atoms with E-state index in [1.54, 1.807) is 4.68 Å². The van der Waals surface area contributed by atoms with Gasteiger partial charge in [-0.25, -0.2) is 4.68 Å². The second kappa shape index (κ2) is 6.46. The lowest BCUT2D eigenvalue weighted by Gasteiger charge is -2.33. The van der Waals surface area contributed by atoms with Crippen LogP contribution < -0.4 is 0 Å². The number of tetrazole rings is 1. The van der Waals surface area contributed by atoms with Gasteiger partial charge in [0.05, 0.1) is 17.9 Å². The predicted molar refractivity (Wildman–Crippen MR) is 90.3 cm³/mol. The quantitative estimate of drug-likeness (QED) is 0.726. The van der Waals surface area contributed by atoms with E-state index in [-0.39, 0.29) is 11.9 Å². The maximum absolute atomic E-state index is 12.9. The molecular formula is C17H19N7O. The number of amides is 1. The van der Waals surface area contributed by atoms with Crippen LogP contribution in [0.25, 0.3) is 5.69 Å². The van der Waals surface area contributed by atoms with E-state index in [0.717, 1.165) is 30.6 Å². The summed E-state index contributed by atoms with van der Waals surface area (Å²) in [4.78, 5) is 14.8. The molecule has 3 heterocycles. The van der Waals surface area contributed by atoms with Crippen molar-refractivity contribution in [3.63, 3.8) is 0 Å². The van der Waals surface area contributed by atoms with Gasteiger partial charge in [0.2, 0.25) is 0 Å². The molecule has 0 unspecified atom stereocenters. The molecule has 2 aromatic heterocycles. The number of carbonyl (C=O) groups excluding carboxylic acids is 1. The molecule has 3 aromatic rings. The number of aromatic nitrogens is 6. The molecule has 1 fully saturated rings. The van der Waals surface area contributed by atoms with E-state index < -0.39 is 0 Å². The molecule has 0 saturated carbocycles. The van der Waals surface area contributed by atoms with Gasteiger partial charge in [-0.05, 0) is 54.0 Å². The first kappa shape index (κ1) is 15.5. The summed E-state index contributed by atoms with van der Waals surface area (Å²) >= 11 is 0. The number of likely N-dealkylation sites (tertiary alicyclic amines) is 1. The number of aryl methyl sites for hydroxylation is 1. The van der Waals surface area contributed by atoms with Crippen LogP contribution >= 0.6 is 0 Å². The third kappa shape index (κ3) is 3.15. The van der Waals surface area contributed by atoms with Crippen molar-refractivity contribution >= 4 is 5.91 Å². The molecule has 8 nitrogen and oxygen atoms in total. The van der Waals surface area contributed by atoms with Crippen LogP contribution in [-0.2, 0) is 0 Å². The molecule has 1 aliphatic heterocycles. The number of benzene rings is 1. The average Bonchev–Trinajstić information content (AvgIpc) is 3.33. The van der Waals surface area contributed by atoms with E-state index in [4.69, 9.17) is 0 Å². The van der Waals surface area contributed by atoms with Gasteiger partial charge in [0.1, 0.15) is 6.33 Å². The van der Waals surface area contributed by atoms with Gasteiger partial charge >= 0.3 is 0 Å². The summed E-state index contributed by atoms with van der Waals surface area (Å²) < 4.78 is 3.52. The number of hydrogen-bond acceptors (Lipinski definition) is 5. The number of piperidine rings is 1. The molecular weight excluding hydrogens is 318 g/mol. The largest absolute Gasteiger partial charge is 0.337 e. The Morgan fingerprint density at radius 1 is 1.32 bits per heavy atom. The van der Waals surface area contributed by atoms with Gasteiger partial charge < -0.3 is 4.90 Å². The summed E-state index contributed by atoms with van der Waals surface area (Å²) in [5.74, 6) is 0.0310. The molecule has 1 atom stereocenters. The lowest BCUT2D eigenvalue weighted by atomic mass is 10.0. The highest BCUT2D eigenvalue weighted by molar-refractivity contribution is 5.94. The maximum atomic E-state index is 12.9. The molecule has 25 heavy (non-hydrogen) atoms. The zero-order chi connectivity index (χ0) is 17.2. The third-order valence-electron chi connectivity index (χ3n) is 4.50. The summed E-state index contributed by atoms with van der Waals surface area (Å²) in [6.45, 7) is 3.47. The van der Waals surface area contributed by atoms with Crippen LogP contribution in [-0.4, -0.2) is 53.9 Å². The number of rotatable bonds is 3. The van der Waals surface area contributed by atoms with Gasteiger partial charge in [-0.1, -0.05) is 6.07 Å². The van der Waals surface area contributed by atoms with Crippen LogP contribution in [0.5, 0.6) is 0 Å². The number of nitrogens with zero attached hydrogens (tertiary/aromatic N) is 7. The highest BCUT2D eigenvalue weighted by atomic mass is 16.2. The van der Waals surface area contributed by atoms with Gasteiger partial charge in [0.15, 0.2) is 0 Å². The van der Waals surface area contributed by atoms with Crippen molar-refractivity contribution < 1.29 is 4.79 Å². The van der Waals surface area contributed by atoms with Crippen molar-refractivity contribution in [3.8, 4) is 5.69 Å². The van der Waals surface area contributed by atoms with Gasteiger partial charge in [0, 0.05) is 24.8 Å². The molecule has 0 radical (unpaired) electrons. The monoisotopic (exact) mass is 337 g/mol. The minimum Gasteiger partial charge on any atom is -0.337 e. The molecule has 1 saturated heterocycles. The first-order valence-electron chi connectivity index (χ1n) is 8.34. The lowest BCUT2D eigenvalue weighted by molar-refractivity contribution is 0.0673. The molecule has 128 valence electrons. The molecule has 0 N–H and O–H groups in total. The molecule has 0 spiro atoms. The van der Waals surface area contributed by atoms with Crippen molar-refractivity contribution in [2.24, 2.45) is 0 Å². The highest BCUT2D eigenvalue weighted by Crippen LogP contribution is 2.23. The molecule has 4 rings (SSSR count). The SMILES string of the molecule is Cc1cnn([C@@H]2CCCN(C(=O)c3cccc(-n4cnnn4)c3)C2)c1. The fourth-order valence-electron chi connectivity index (χ4n) is 3.23. The normalized spacial score (nSPS) is 17.6. The Kier molecular flexibility index (Phi) is 4.01. The minimum absolute atomic E-state index is 0.0310. The van der Waals surface area contributed by atoms with Crippen molar-refractivity contribution in [1.82, 2.24) is 34.9 Å². The van der Waals surface area contributed by atoms with Crippen LogP contribution in [0.4, 0.5) is 0 Å². The predicted octanol–water partition coefficient (Wildman–Crippen LogP) is 1.64. The Bertz CT molecular complexity index is 871. The standard InChI is InChI=1S/C17H19N7O/c1-13-9-19-23(10-13)16-6-3-7-22(11-16)17(25)14-4-2-5-15(8-14)24-12-18-20-21-24/h2,4-5,8-10,12,16H,3,6-7,11H2,1H3/t16-/m1/s1. The van der Waals surface area contributed by atoms with Gasteiger partial charge in [-0.2, -0.15) is 5.10 Å². The molecule has 0 aliphatic carbocycles. The van der Waals surface area contributed by atoms with E-state index in [2.05, 4.69) is 20.6 Å². The van der Waals surface area contributed by atoms with E-state index in [1.165, 1.54) is 6.33 Å². The van der Waals surface area contributed by atoms with Gasteiger partial charge in [0.25, 0.3) is 5.91 Å². The summed E-state index contributed by atoms with van der Waals surface area (Å²) in [6, 6.07) is 7.61. The van der Waals surface area contributed by atoms with Crippen LogP contribution in [0.3, 0.4) is 0 Å². The van der Waals surface area contributed by atoms with E-state index >= 15 is 0 Å². The topological polar surface area (TPSA) is 81.7 Å². The van der Waals surface area contributed by atoms with Gasteiger partial charge in [-0.3, -0.25) is 9.48 Å². The van der Waals surface area contributed by atoms with E-state index in [1.807, 2.05) is 53.2 Å². The van der Waals surface area contributed by atoms with E-state index in [9.17, 15) is 4.79 Å². The molecule has 8 heteroatoms. The Morgan fingerprint density at radius 3 is 3.00 bits per heavy atom. The fraction of sp³-hybridized carbons (Fsp3) is 0.353. The van der Waals surface area contributed by atoms with Crippen molar-refractivity contribution in [2.45, 2.75) is 25.8 Å². The van der Waals surface area contributed by atoms with E-state index in [0.29, 0.717) is 12.1 Å². The molecule has 1 aromatic carbocycles. The Morgan fingerprint density at radius 2 is 2.24 bits per heavy atom. The highest BCUT2D eigenvalue weighted by Gasteiger charge is 2.26. The Balaban J connectivity index is 1.53. The Hall–Kier alpha value is -3.03. The second-order valence-corrected chi connectivity index (χ2v) is 6.35. The lowest BCUT2D eigenvalue weighted by Crippen LogP contribution is -2.40.